The summed E-state index contributed by atoms with van der Waals surface area (Å²) in [4.78, 5) is 4.41. The van der Waals surface area contributed by atoms with Gasteiger partial charge in [-0.05, 0) is 55.0 Å². The van der Waals surface area contributed by atoms with Crippen molar-refractivity contribution in [3.05, 3.63) is 53.8 Å². The quantitative estimate of drug-likeness (QED) is 0.822. The Morgan fingerprint density at radius 1 is 0.962 bits per heavy atom. The number of benzene rings is 2. The summed E-state index contributed by atoms with van der Waals surface area (Å²) in [5.41, 5.74) is 2.65. The molecule has 5 nitrogen and oxygen atoms in total. The van der Waals surface area contributed by atoms with Crippen molar-refractivity contribution in [2.45, 2.75) is 11.8 Å². The van der Waals surface area contributed by atoms with Crippen LogP contribution in [0.4, 0.5) is 15.8 Å². The fourth-order valence-corrected chi connectivity index (χ4v) is 4.82. The van der Waals surface area contributed by atoms with Crippen LogP contribution < -0.4 is 9.80 Å². The standard InChI is InChI=1S/C19H24FN3O2S/c1-15-14-16(20)4-9-19(15)26(24,25)23-12-10-22(11-13-23)18-7-5-17(6-8-18)21(2)3/h4-9,14H,10-13H2,1-3H3. The van der Waals surface area contributed by atoms with Crippen molar-refractivity contribution >= 4 is 21.4 Å². The van der Waals surface area contributed by atoms with Gasteiger partial charge in [0.15, 0.2) is 0 Å². The lowest BCUT2D eigenvalue weighted by Gasteiger charge is -2.35. The van der Waals surface area contributed by atoms with Gasteiger partial charge in [-0.1, -0.05) is 0 Å². The largest absolute Gasteiger partial charge is 0.378 e. The van der Waals surface area contributed by atoms with Crippen LogP contribution >= 0.6 is 0 Å². The highest BCUT2D eigenvalue weighted by Gasteiger charge is 2.29. The molecule has 7 heteroatoms. The van der Waals surface area contributed by atoms with Crippen LogP contribution in [0.1, 0.15) is 5.56 Å². The lowest BCUT2D eigenvalue weighted by Crippen LogP contribution is -2.48. The van der Waals surface area contributed by atoms with Crippen molar-refractivity contribution in [2.24, 2.45) is 0 Å². The van der Waals surface area contributed by atoms with Crippen molar-refractivity contribution in [3.8, 4) is 0 Å². The predicted molar refractivity (Wildman–Crippen MR) is 103 cm³/mol. The summed E-state index contributed by atoms with van der Waals surface area (Å²) in [6.45, 7) is 3.70. The number of piperazine rings is 1. The van der Waals surface area contributed by atoms with Crippen LogP contribution in [0.15, 0.2) is 47.4 Å². The summed E-state index contributed by atoms with van der Waals surface area (Å²) in [6.07, 6.45) is 0. The molecule has 3 rings (SSSR count). The van der Waals surface area contributed by atoms with E-state index in [1.165, 1.54) is 22.5 Å². The summed E-state index contributed by atoms with van der Waals surface area (Å²) >= 11 is 0. The molecule has 2 aromatic carbocycles. The van der Waals surface area contributed by atoms with Gasteiger partial charge in [0.1, 0.15) is 5.82 Å². The maximum absolute atomic E-state index is 13.3. The second-order valence-electron chi connectivity index (χ2n) is 6.71. The van der Waals surface area contributed by atoms with Crippen molar-refractivity contribution in [3.63, 3.8) is 0 Å². The van der Waals surface area contributed by atoms with Gasteiger partial charge in [-0.25, -0.2) is 12.8 Å². The Morgan fingerprint density at radius 2 is 1.58 bits per heavy atom. The first kappa shape index (κ1) is 18.7. The van der Waals surface area contributed by atoms with Crippen LogP contribution in [0.2, 0.25) is 0 Å². The molecule has 0 bridgehead atoms. The van der Waals surface area contributed by atoms with Gasteiger partial charge in [-0.3, -0.25) is 0 Å². The summed E-state index contributed by atoms with van der Waals surface area (Å²) in [6, 6.07) is 12.0. The molecule has 0 radical (unpaired) electrons. The molecule has 0 amide bonds. The SMILES string of the molecule is Cc1cc(F)ccc1S(=O)(=O)N1CCN(c2ccc(N(C)C)cc2)CC1. The molecule has 0 aromatic heterocycles. The predicted octanol–water partition coefficient (Wildman–Crippen LogP) is 2.71. The zero-order chi connectivity index (χ0) is 18.9. The first-order chi connectivity index (χ1) is 12.3. The molecule has 0 unspecified atom stereocenters. The number of sulfonamides is 1. The Hall–Kier alpha value is -2.12. The van der Waals surface area contributed by atoms with Gasteiger partial charge in [-0.15, -0.1) is 0 Å². The fourth-order valence-electron chi connectivity index (χ4n) is 3.19. The highest BCUT2D eigenvalue weighted by atomic mass is 32.2. The van der Waals surface area contributed by atoms with Gasteiger partial charge in [-0.2, -0.15) is 4.31 Å². The molecule has 140 valence electrons. The average molecular weight is 377 g/mol. The molecule has 0 aliphatic carbocycles. The molecule has 0 saturated carbocycles. The fraction of sp³-hybridized carbons (Fsp3) is 0.368. The molecule has 2 aromatic rings. The molecule has 26 heavy (non-hydrogen) atoms. The van der Waals surface area contributed by atoms with E-state index in [9.17, 15) is 12.8 Å². The van der Waals surface area contributed by atoms with E-state index >= 15 is 0 Å². The van der Waals surface area contributed by atoms with Gasteiger partial charge < -0.3 is 9.80 Å². The normalized spacial score (nSPS) is 15.9. The van der Waals surface area contributed by atoms with E-state index < -0.39 is 15.8 Å². The third kappa shape index (κ3) is 3.68. The minimum absolute atomic E-state index is 0.183. The number of rotatable bonds is 4. The second-order valence-corrected chi connectivity index (χ2v) is 8.62. The van der Waals surface area contributed by atoms with E-state index in [0.29, 0.717) is 31.7 Å². The summed E-state index contributed by atoms with van der Waals surface area (Å²) in [5, 5.41) is 0. The van der Waals surface area contributed by atoms with Crippen LogP contribution in [0.25, 0.3) is 0 Å². The van der Waals surface area contributed by atoms with Crippen molar-refractivity contribution in [1.82, 2.24) is 4.31 Å². The highest BCUT2D eigenvalue weighted by molar-refractivity contribution is 7.89. The van der Waals surface area contributed by atoms with Crippen LogP contribution in [0, 0.1) is 12.7 Å². The molecule has 1 saturated heterocycles. The minimum atomic E-state index is -3.60. The molecule has 0 N–H and O–H groups in total. The molecule has 0 spiro atoms. The van der Waals surface area contributed by atoms with E-state index in [1.54, 1.807) is 6.92 Å². The monoisotopic (exact) mass is 377 g/mol. The Morgan fingerprint density at radius 3 is 2.12 bits per heavy atom. The number of aryl methyl sites for hydroxylation is 1. The summed E-state index contributed by atoms with van der Waals surface area (Å²) < 4.78 is 40.5. The topological polar surface area (TPSA) is 43.9 Å². The number of anilines is 2. The van der Waals surface area contributed by atoms with E-state index in [0.717, 1.165) is 11.4 Å². The number of hydrogen-bond acceptors (Lipinski definition) is 4. The minimum Gasteiger partial charge on any atom is -0.378 e. The summed E-state index contributed by atoms with van der Waals surface area (Å²) in [5.74, 6) is -0.424. The van der Waals surface area contributed by atoms with E-state index in [-0.39, 0.29) is 4.90 Å². The maximum atomic E-state index is 13.3. The Kier molecular flexibility index (Phi) is 5.20. The van der Waals surface area contributed by atoms with E-state index in [2.05, 4.69) is 29.2 Å². The van der Waals surface area contributed by atoms with Crippen LogP contribution in [-0.4, -0.2) is 53.0 Å². The Balaban J connectivity index is 1.71. The lowest BCUT2D eigenvalue weighted by molar-refractivity contribution is 0.384. The molecular weight excluding hydrogens is 353 g/mol. The van der Waals surface area contributed by atoms with Crippen molar-refractivity contribution < 1.29 is 12.8 Å². The van der Waals surface area contributed by atoms with Gasteiger partial charge in [0.2, 0.25) is 10.0 Å². The molecular formula is C19H24FN3O2S. The molecule has 1 aliphatic heterocycles. The third-order valence-electron chi connectivity index (χ3n) is 4.72. The van der Waals surface area contributed by atoms with Gasteiger partial charge in [0, 0.05) is 51.6 Å². The molecule has 1 fully saturated rings. The number of hydrogen-bond donors (Lipinski definition) is 0. The van der Waals surface area contributed by atoms with Gasteiger partial charge in [0.25, 0.3) is 0 Å². The maximum Gasteiger partial charge on any atom is 0.243 e. The third-order valence-corrected chi connectivity index (χ3v) is 6.78. The number of halogens is 1. The first-order valence-electron chi connectivity index (χ1n) is 8.57. The lowest BCUT2D eigenvalue weighted by atomic mass is 10.2. The van der Waals surface area contributed by atoms with E-state index in [1.807, 2.05) is 19.0 Å². The van der Waals surface area contributed by atoms with Crippen molar-refractivity contribution in [2.75, 3.05) is 50.1 Å². The van der Waals surface area contributed by atoms with Gasteiger partial charge in [0.05, 0.1) is 4.90 Å². The van der Waals surface area contributed by atoms with E-state index in [4.69, 9.17) is 0 Å². The van der Waals surface area contributed by atoms with Crippen LogP contribution in [0.3, 0.4) is 0 Å². The zero-order valence-electron chi connectivity index (χ0n) is 15.3. The van der Waals surface area contributed by atoms with Crippen LogP contribution in [0.5, 0.6) is 0 Å². The molecule has 1 heterocycles. The first-order valence-corrected chi connectivity index (χ1v) is 10.0. The molecule has 0 atom stereocenters. The Bertz CT molecular complexity index is 874. The van der Waals surface area contributed by atoms with Crippen molar-refractivity contribution in [1.29, 1.82) is 0 Å². The molecule has 1 aliphatic rings. The average Bonchev–Trinajstić information content (AvgIpc) is 2.61. The summed E-state index contributed by atoms with van der Waals surface area (Å²) in [7, 11) is 0.393. The Labute approximate surface area is 154 Å². The smallest absolute Gasteiger partial charge is 0.243 e. The highest BCUT2D eigenvalue weighted by Crippen LogP contribution is 2.25. The zero-order valence-corrected chi connectivity index (χ0v) is 16.1. The van der Waals surface area contributed by atoms with Gasteiger partial charge >= 0.3 is 0 Å². The number of nitrogens with zero attached hydrogens (tertiary/aromatic N) is 3. The van der Waals surface area contributed by atoms with Crippen LogP contribution in [-0.2, 0) is 10.0 Å². The second kappa shape index (κ2) is 7.25.